The lowest BCUT2D eigenvalue weighted by atomic mass is 10.2. The number of anilines is 1. The summed E-state index contributed by atoms with van der Waals surface area (Å²) in [5.74, 6) is 1.81. The molecule has 3 N–H and O–H groups in total. The smallest absolute Gasteiger partial charge is 0.146 e. The van der Waals surface area contributed by atoms with Crippen molar-refractivity contribution in [2.45, 2.75) is 0 Å². The molecule has 0 unspecified atom stereocenters. The van der Waals surface area contributed by atoms with Crippen molar-refractivity contribution in [2.75, 3.05) is 20.0 Å². The van der Waals surface area contributed by atoms with Crippen LogP contribution in [0.5, 0.6) is 11.5 Å². The highest BCUT2D eigenvalue weighted by molar-refractivity contribution is 6.12. The molecule has 18 heavy (non-hydrogen) atoms. The number of fused-ring (bicyclic) bond motifs is 3. The van der Waals surface area contributed by atoms with E-state index < -0.39 is 0 Å². The molecule has 0 radical (unpaired) electrons. The normalized spacial score (nSPS) is 11.0. The fraction of sp³-hybridized carbons (Fsp3) is 0.167. The van der Waals surface area contributed by atoms with Gasteiger partial charge in [0.25, 0.3) is 0 Å². The number of aromatic nitrogens is 3. The molecule has 92 valence electrons. The third-order valence-electron chi connectivity index (χ3n) is 2.92. The van der Waals surface area contributed by atoms with Gasteiger partial charge in [0, 0.05) is 11.5 Å². The third kappa shape index (κ3) is 1.35. The Morgan fingerprint density at radius 2 is 2.00 bits per heavy atom. The first-order valence-electron chi connectivity index (χ1n) is 5.38. The van der Waals surface area contributed by atoms with E-state index in [2.05, 4.69) is 15.0 Å². The van der Waals surface area contributed by atoms with E-state index in [4.69, 9.17) is 15.2 Å². The number of ether oxygens (including phenoxy) is 2. The van der Waals surface area contributed by atoms with Crippen molar-refractivity contribution in [1.29, 1.82) is 0 Å². The van der Waals surface area contributed by atoms with Crippen LogP contribution in [-0.2, 0) is 0 Å². The number of benzene rings is 1. The predicted molar refractivity (Wildman–Crippen MR) is 68.9 cm³/mol. The van der Waals surface area contributed by atoms with Crippen molar-refractivity contribution in [3.8, 4) is 11.5 Å². The Morgan fingerprint density at radius 1 is 1.17 bits per heavy atom. The van der Waals surface area contributed by atoms with Gasteiger partial charge in [-0.3, -0.25) is 0 Å². The third-order valence-corrected chi connectivity index (χ3v) is 2.92. The molecule has 2 heterocycles. The summed E-state index contributed by atoms with van der Waals surface area (Å²) in [6.45, 7) is 0. The van der Waals surface area contributed by atoms with Crippen LogP contribution in [0, 0.1) is 0 Å². The molecule has 0 amide bonds. The first kappa shape index (κ1) is 10.6. The average molecular weight is 244 g/mol. The highest BCUT2D eigenvalue weighted by Crippen LogP contribution is 2.36. The molecule has 0 aliphatic heterocycles. The SMILES string of the molecule is COc1cc(OC)c2[nH]c3ncnc(N)c3c2c1. The zero-order valence-electron chi connectivity index (χ0n) is 10.0. The van der Waals surface area contributed by atoms with Gasteiger partial charge in [-0.2, -0.15) is 0 Å². The van der Waals surface area contributed by atoms with E-state index in [0.29, 0.717) is 23.0 Å². The molecular formula is C12H12N4O2. The molecule has 3 rings (SSSR count). The maximum Gasteiger partial charge on any atom is 0.146 e. The van der Waals surface area contributed by atoms with Gasteiger partial charge < -0.3 is 20.2 Å². The molecule has 1 aromatic carbocycles. The number of hydrogen-bond donors (Lipinski definition) is 2. The van der Waals surface area contributed by atoms with Crippen LogP contribution >= 0.6 is 0 Å². The summed E-state index contributed by atoms with van der Waals surface area (Å²) in [5, 5.41) is 1.67. The van der Waals surface area contributed by atoms with Gasteiger partial charge in [-0.25, -0.2) is 9.97 Å². The minimum Gasteiger partial charge on any atom is -0.497 e. The molecule has 0 aliphatic rings. The Kier molecular flexibility index (Phi) is 2.22. The molecule has 0 saturated carbocycles. The van der Waals surface area contributed by atoms with E-state index >= 15 is 0 Å². The number of H-pyrrole nitrogens is 1. The molecule has 0 saturated heterocycles. The van der Waals surface area contributed by atoms with Crippen LogP contribution in [0.15, 0.2) is 18.5 Å². The molecule has 2 aromatic heterocycles. The Labute approximate surface area is 103 Å². The van der Waals surface area contributed by atoms with E-state index in [1.165, 1.54) is 6.33 Å². The van der Waals surface area contributed by atoms with E-state index in [1.807, 2.05) is 6.07 Å². The summed E-state index contributed by atoms with van der Waals surface area (Å²) in [4.78, 5) is 11.4. The second-order valence-corrected chi connectivity index (χ2v) is 3.86. The highest BCUT2D eigenvalue weighted by Gasteiger charge is 2.14. The van der Waals surface area contributed by atoms with Crippen molar-refractivity contribution in [3.63, 3.8) is 0 Å². The predicted octanol–water partition coefficient (Wildman–Crippen LogP) is 1.71. The topological polar surface area (TPSA) is 86.0 Å². The summed E-state index contributed by atoms with van der Waals surface area (Å²) < 4.78 is 10.6. The summed E-state index contributed by atoms with van der Waals surface area (Å²) >= 11 is 0. The molecule has 3 aromatic rings. The van der Waals surface area contributed by atoms with Crippen LogP contribution in [-0.4, -0.2) is 29.2 Å². The summed E-state index contributed by atoms with van der Waals surface area (Å²) in [5.41, 5.74) is 7.42. The summed E-state index contributed by atoms with van der Waals surface area (Å²) in [6, 6.07) is 3.69. The molecule has 0 aliphatic carbocycles. The Morgan fingerprint density at radius 3 is 2.72 bits per heavy atom. The van der Waals surface area contributed by atoms with Gasteiger partial charge in [0.15, 0.2) is 0 Å². The van der Waals surface area contributed by atoms with Gasteiger partial charge in [-0.05, 0) is 6.07 Å². The Balaban J connectivity index is 2.51. The number of methoxy groups -OCH3 is 2. The largest absolute Gasteiger partial charge is 0.497 e. The van der Waals surface area contributed by atoms with Gasteiger partial charge in [0.2, 0.25) is 0 Å². The fourth-order valence-electron chi connectivity index (χ4n) is 2.07. The van der Waals surface area contributed by atoms with Crippen LogP contribution in [0.1, 0.15) is 0 Å². The second-order valence-electron chi connectivity index (χ2n) is 3.86. The minimum absolute atomic E-state index is 0.432. The number of nitrogen functional groups attached to an aromatic ring is 1. The van der Waals surface area contributed by atoms with Crippen molar-refractivity contribution in [3.05, 3.63) is 18.5 Å². The number of aromatic amines is 1. The molecule has 6 nitrogen and oxygen atoms in total. The summed E-state index contributed by atoms with van der Waals surface area (Å²) in [6.07, 6.45) is 1.43. The number of nitrogens with zero attached hydrogens (tertiary/aromatic N) is 2. The fourth-order valence-corrected chi connectivity index (χ4v) is 2.07. The van der Waals surface area contributed by atoms with Gasteiger partial charge >= 0.3 is 0 Å². The number of hydrogen-bond acceptors (Lipinski definition) is 5. The highest BCUT2D eigenvalue weighted by atomic mass is 16.5. The van der Waals surface area contributed by atoms with Crippen molar-refractivity contribution >= 4 is 27.8 Å². The molecule has 0 bridgehead atoms. The first-order chi connectivity index (χ1) is 8.74. The number of rotatable bonds is 2. The molecule has 6 heteroatoms. The standard InChI is InChI=1S/C12H12N4O2/c1-17-6-3-7-9-11(13)14-5-15-12(9)16-10(7)8(4-6)18-2/h3-5H,1-2H3,(H3,13,14,15,16). The molecule has 0 spiro atoms. The van der Waals surface area contributed by atoms with Crippen LogP contribution in [0.25, 0.3) is 21.9 Å². The van der Waals surface area contributed by atoms with Crippen molar-refractivity contribution in [1.82, 2.24) is 15.0 Å². The van der Waals surface area contributed by atoms with Gasteiger partial charge in [-0.1, -0.05) is 0 Å². The zero-order valence-corrected chi connectivity index (χ0v) is 10.0. The van der Waals surface area contributed by atoms with E-state index in [0.717, 1.165) is 16.3 Å². The van der Waals surface area contributed by atoms with E-state index in [-0.39, 0.29) is 0 Å². The van der Waals surface area contributed by atoms with E-state index in [9.17, 15) is 0 Å². The van der Waals surface area contributed by atoms with Gasteiger partial charge in [-0.15, -0.1) is 0 Å². The lowest BCUT2D eigenvalue weighted by molar-refractivity contribution is 0.397. The average Bonchev–Trinajstić information content (AvgIpc) is 2.77. The molecular weight excluding hydrogens is 232 g/mol. The van der Waals surface area contributed by atoms with Crippen molar-refractivity contribution in [2.24, 2.45) is 0 Å². The van der Waals surface area contributed by atoms with E-state index in [1.54, 1.807) is 20.3 Å². The maximum absolute atomic E-state index is 5.90. The van der Waals surface area contributed by atoms with Crippen LogP contribution in [0.2, 0.25) is 0 Å². The van der Waals surface area contributed by atoms with Crippen LogP contribution in [0.4, 0.5) is 5.82 Å². The summed E-state index contributed by atoms with van der Waals surface area (Å²) in [7, 11) is 3.21. The molecule has 0 fully saturated rings. The Bertz CT molecular complexity index is 736. The quantitative estimate of drug-likeness (QED) is 0.716. The number of nitrogens with one attached hydrogen (secondary N) is 1. The van der Waals surface area contributed by atoms with Gasteiger partial charge in [0.05, 0.1) is 25.1 Å². The lowest BCUT2D eigenvalue weighted by Crippen LogP contribution is -1.91. The molecule has 0 atom stereocenters. The zero-order chi connectivity index (χ0) is 12.7. The van der Waals surface area contributed by atoms with Crippen LogP contribution < -0.4 is 15.2 Å². The Hall–Kier alpha value is -2.50. The minimum atomic E-state index is 0.432. The maximum atomic E-state index is 5.90. The van der Waals surface area contributed by atoms with Crippen LogP contribution in [0.3, 0.4) is 0 Å². The lowest BCUT2D eigenvalue weighted by Gasteiger charge is -2.05. The number of nitrogens with two attached hydrogens (primary N) is 1. The second kappa shape index (κ2) is 3.76. The first-order valence-corrected chi connectivity index (χ1v) is 5.38. The van der Waals surface area contributed by atoms with Crippen molar-refractivity contribution < 1.29 is 9.47 Å². The van der Waals surface area contributed by atoms with Gasteiger partial charge in [0.1, 0.15) is 29.3 Å². The monoisotopic (exact) mass is 244 g/mol.